The van der Waals surface area contributed by atoms with Gasteiger partial charge in [-0.15, -0.1) is 0 Å². The molecule has 0 amide bonds. The van der Waals surface area contributed by atoms with Crippen molar-refractivity contribution >= 4 is 0 Å². The fraction of sp³-hybridized carbons (Fsp3) is 0.867. The van der Waals surface area contributed by atoms with Crippen molar-refractivity contribution < 1.29 is 0 Å². The van der Waals surface area contributed by atoms with E-state index in [9.17, 15) is 0 Å². The lowest BCUT2D eigenvalue weighted by Crippen LogP contribution is -2.46. The van der Waals surface area contributed by atoms with Gasteiger partial charge in [-0.1, -0.05) is 32.1 Å². The molecule has 4 heteroatoms. The van der Waals surface area contributed by atoms with Crippen LogP contribution in [0.2, 0.25) is 0 Å². The SMILES string of the molecule is CNC1(Cc2nc(C3CCCC3)n[nH]2)CCCCC1. The monoisotopic (exact) mass is 262 g/mol. The van der Waals surface area contributed by atoms with Gasteiger partial charge in [-0.25, -0.2) is 4.98 Å². The Morgan fingerprint density at radius 3 is 2.58 bits per heavy atom. The molecule has 106 valence electrons. The summed E-state index contributed by atoms with van der Waals surface area (Å²) in [5, 5.41) is 11.2. The summed E-state index contributed by atoms with van der Waals surface area (Å²) in [5.41, 5.74) is 0.255. The molecule has 4 nitrogen and oxygen atoms in total. The molecule has 2 aliphatic carbocycles. The van der Waals surface area contributed by atoms with E-state index in [1.54, 1.807) is 0 Å². The highest BCUT2D eigenvalue weighted by atomic mass is 15.2. The summed E-state index contributed by atoms with van der Waals surface area (Å²) in [5.74, 6) is 2.76. The highest BCUT2D eigenvalue weighted by molar-refractivity contribution is 5.04. The maximum Gasteiger partial charge on any atom is 0.153 e. The van der Waals surface area contributed by atoms with Gasteiger partial charge in [0.2, 0.25) is 0 Å². The van der Waals surface area contributed by atoms with Gasteiger partial charge in [0, 0.05) is 17.9 Å². The third-order valence-corrected chi connectivity index (χ3v) is 5.12. The molecular formula is C15H26N4. The average molecular weight is 262 g/mol. The quantitative estimate of drug-likeness (QED) is 0.877. The third kappa shape index (κ3) is 2.83. The number of rotatable bonds is 4. The molecule has 3 rings (SSSR count). The van der Waals surface area contributed by atoms with Crippen molar-refractivity contribution in [2.24, 2.45) is 0 Å². The maximum atomic E-state index is 4.77. The second kappa shape index (κ2) is 5.61. The zero-order chi connectivity index (χ0) is 13.1. The van der Waals surface area contributed by atoms with Gasteiger partial charge >= 0.3 is 0 Å². The van der Waals surface area contributed by atoms with E-state index in [1.165, 1.54) is 57.8 Å². The summed E-state index contributed by atoms with van der Waals surface area (Å²) in [6.07, 6.45) is 12.8. The molecule has 2 aliphatic rings. The maximum absolute atomic E-state index is 4.77. The van der Waals surface area contributed by atoms with Crippen LogP contribution in [-0.4, -0.2) is 27.8 Å². The Morgan fingerprint density at radius 2 is 1.89 bits per heavy atom. The number of aromatic nitrogens is 3. The number of likely N-dealkylation sites (N-methyl/N-ethyl adjacent to an activating group) is 1. The second-order valence-corrected chi connectivity index (χ2v) is 6.39. The fourth-order valence-electron chi connectivity index (χ4n) is 3.82. The van der Waals surface area contributed by atoms with E-state index in [2.05, 4.69) is 22.6 Å². The van der Waals surface area contributed by atoms with Crippen molar-refractivity contribution in [3.05, 3.63) is 11.6 Å². The predicted molar refractivity (Wildman–Crippen MR) is 76.2 cm³/mol. The number of nitrogens with zero attached hydrogens (tertiary/aromatic N) is 2. The van der Waals surface area contributed by atoms with Gasteiger partial charge in [-0.3, -0.25) is 5.10 Å². The Balaban J connectivity index is 1.68. The molecule has 0 bridgehead atoms. The molecule has 1 heterocycles. The van der Waals surface area contributed by atoms with Gasteiger partial charge < -0.3 is 5.32 Å². The van der Waals surface area contributed by atoms with Gasteiger partial charge in [0.25, 0.3) is 0 Å². The first-order chi connectivity index (χ1) is 9.31. The summed E-state index contributed by atoms with van der Waals surface area (Å²) < 4.78 is 0. The van der Waals surface area contributed by atoms with E-state index in [0.29, 0.717) is 5.92 Å². The summed E-state index contributed by atoms with van der Waals surface area (Å²) in [6.45, 7) is 0. The number of hydrogen-bond donors (Lipinski definition) is 2. The van der Waals surface area contributed by atoms with E-state index < -0.39 is 0 Å². The minimum Gasteiger partial charge on any atom is -0.314 e. The molecule has 2 saturated carbocycles. The highest BCUT2D eigenvalue weighted by Crippen LogP contribution is 2.33. The number of hydrogen-bond acceptors (Lipinski definition) is 3. The molecular weight excluding hydrogens is 236 g/mol. The first-order valence-corrected chi connectivity index (χ1v) is 7.91. The Kier molecular flexibility index (Phi) is 3.87. The summed E-state index contributed by atoms with van der Waals surface area (Å²) >= 11 is 0. The summed E-state index contributed by atoms with van der Waals surface area (Å²) in [6, 6.07) is 0. The molecule has 2 N–H and O–H groups in total. The predicted octanol–water partition coefficient (Wildman–Crippen LogP) is 2.93. The van der Waals surface area contributed by atoms with Crippen molar-refractivity contribution in [3.8, 4) is 0 Å². The minimum absolute atomic E-state index is 0.255. The lowest BCUT2D eigenvalue weighted by molar-refractivity contribution is 0.241. The second-order valence-electron chi connectivity index (χ2n) is 6.39. The molecule has 0 radical (unpaired) electrons. The molecule has 19 heavy (non-hydrogen) atoms. The van der Waals surface area contributed by atoms with Crippen LogP contribution >= 0.6 is 0 Å². The Bertz CT molecular complexity index is 400. The fourth-order valence-corrected chi connectivity index (χ4v) is 3.82. The number of aromatic amines is 1. The summed E-state index contributed by atoms with van der Waals surface area (Å²) in [7, 11) is 2.10. The van der Waals surface area contributed by atoms with E-state index in [4.69, 9.17) is 4.98 Å². The molecule has 0 aromatic carbocycles. The van der Waals surface area contributed by atoms with Crippen LogP contribution in [0, 0.1) is 0 Å². The first kappa shape index (κ1) is 13.1. The van der Waals surface area contributed by atoms with Crippen molar-refractivity contribution in [3.63, 3.8) is 0 Å². The molecule has 0 aliphatic heterocycles. The van der Waals surface area contributed by atoms with E-state index >= 15 is 0 Å². The van der Waals surface area contributed by atoms with Gasteiger partial charge in [0.05, 0.1) is 0 Å². The smallest absolute Gasteiger partial charge is 0.153 e. The molecule has 2 fully saturated rings. The Hall–Kier alpha value is -0.900. The normalized spacial score (nSPS) is 23.8. The molecule has 0 atom stereocenters. The van der Waals surface area contributed by atoms with Crippen molar-refractivity contribution in [1.29, 1.82) is 0 Å². The van der Waals surface area contributed by atoms with Crippen molar-refractivity contribution in [2.45, 2.75) is 75.7 Å². The van der Waals surface area contributed by atoms with E-state index in [1.807, 2.05) is 0 Å². The third-order valence-electron chi connectivity index (χ3n) is 5.12. The number of nitrogens with one attached hydrogen (secondary N) is 2. The molecule has 1 aromatic heterocycles. The van der Waals surface area contributed by atoms with Crippen LogP contribution in [-0.2, 0) is 6.42 Å². The largest absolute Gasteiger partial charge is 0.314 e. The van der Waals surface area contributed by atoms with Gasteiger partial charge in [0.15, 0.2) is 5.82 Å². The van der Waals surface area contributed by atoms with Crippen molar-refractivity contribution in [1.82, 2.24) is 20.5 Å². The zero-order valence-electron chi connectivity index (χ0n) is 12.0. The lowest BCUT2D eigenvalue weighted by Gasteiger charge is -2.36. The Labute approximate surface area is 115 Å². The zero-order valence-corrected chi connectivity index (χ0v) is 12.0. The molecule has 0 unspecified atom stereocenters. The van der Waals surface area contributed by atoms with Crippen LogP contribution in [0.3, 0.4) is 0 Å². The average Bonchev–Trinajstić information content (AvgIpc) is 3.10. The minimum atomic E-state index is 0.255. The first-order valence-electron chi connectivity index (χ1n) is 7.91. The van der Waals surface area contributed by atoms with Crippen LogP contribution in [0.1, 0.15) is 75.4 Å². The topological polar surface area (TPSA) is 53.6 Å². The van der Waals surface area contributed by atoms with Crippen LogP contribution < -0.4 is 5.32 Å². The van der Waals surface area contributed by atoms with Crippen LogP contribution in [0.25, 0.3) is 0 Å². The lowest BCUT2D eigenvalue weighted by atomic mass is 9.79. The molecule has 0 spiro atoms. The van der Waals surface area contributed by atoms with Crippen LogP contribution in [0.4, 0.5) is 0 Å². The van der Waals surface area contributed by atoms with Crippen molar-refractivity contribution in [2.75, 3.05) is 7.05 Å². The molecule has 0 saturated heterocycles. The van der Waals surface area contributed by atoms with E-state index in [0.717, 1.165) is 18.1 Å². The molecule has 1 aromatic rings. The van der Waals surface area contributed by atoms with Crippen LogP contribution in [0.15, 0.2) is 0 Å². The van der Waals surface area contributed by atoms with Crippen LogP contribution in [0.5, 0.6) is 0 Å². The summed E-state index contributed by atoms with van der Waals surface area (Å²) in [4.78, 5) is 4.77. The van der Waals surface area contributed by atoms with Gasteiger partial charge in [-0.05, 0) is 32.7 Å². The van der Waals surface area contributed by atoms with Gasteiger partial charge in [0.1, 0.15) is 5.82 Å². The Morgan fingerprint density at radius 1 is 1.16 bits per heavy atom. The van der Waals surface area contributed by atoms with E-state index in [-0.39, 0.29) is 5.54 Å². The van der Waals surface area contributed by atoms with Gasteiger partial charge in [-0.2, -0.15) is 5.10 Å². The number of H-pyrrole nitrogens is 1. The highest BCUT2D eigenvalue weighted by Gasteiger charge is 2.32. The standard InChI is InChI=1S/C15H26N4/c1-16-15(9-5-2-6-10-15)11-13-17-14(19-18-13)12-7-3-4-8-12/h12,16H,2-11H2,1H3,(H,17,18,19).